The molecule has 1 unspecified atom stereocenters. The van der Waals surface area contributed by atoms with Gasteiger partial charge in [0.2, 0.25) is 5.91 Å². The first kappa shape index (κ1) is 19.1. The Labute approximate surface area is 158 Å². The van der Waals surface area contributed by atoms with Gasteiger partial charge in [0.05, 0.1) is 4.92 Å². The van der Waals surface area contributed by atoms with Crippen LogP contribution in [0, 0.1) is 16.0 Å². The summed E-state index contributed by atoms with van der Waals surface area (Å²) >= 11 is 0. The van der Waals surface area contributed by atoms with Crippen molar-refractivity contribution in [2.24, 2.45) is 5.92 Å². The quantitative estimate of drug-likeness (QED) is 0.564. The molecule has 1 atom stereocenters. The van der Waals surface area contributed by atoms with Gasteiger partial charge in [-0.25, -0.2) is 0 Å². The lowest BCUT2D eigenvalue weighted by Gasteiger charge is -2.31. The Morgan fingerprint density at radius 2 is 2.07 bits per heavy atom. The summed E-state index contributed by atoms with van der Waals surface area (Å²) in [7, 11) is 0. The molecule has 1 saturated heterocycles. The van der Waals surface area contributed by atoms with E-state index in [0.29, 0.717) is 11.6 Å². The van der Waals surface area contributed by atoms with Crippen molar-refractivity contribution in [3.05, 3.63) is 33.9 Å². The first-order chi connectivity index (χ1) is 12.9. The van der Waals surface area contributed by atoms with Crippen LogP contribution in [0.2, 0.25) is 0 Å². The van der Waals surface area contributed by atoms with Gasteiger partial charge in [-0.1, -0.05) is 6.92 Å². The van der Waals surface area contributed by atoms with Crippen molar-refractivity contribution >= 4 is 23.2 Å². The Morgan fingerprint density at radius 3 is 2.74 bits per heavy atom. The summed E-state index contributed by atoms with van der Waals surface area (Å²) in [6, 6.07) is 4.72. The Bertz CT molecular complexity index is 732. The predicted molar refractivity (Wildman–Crippen MR) is 102 cm³/mol. The van der Waals surface area contributed by atoms with Crippen molar-refractivity contribution in [3.63, 3.8) is 0 Å². The lowest BCUT2D eigenvalue weighted by Crippen LogP contribution is -2.40. The first-order valence-corrected chi connectivity index (χ1v) is 9.55. The van der Waals surface area contributed by atoms with E-state index in [0.717, 1.165) is 38.8 Å². The molecule has 0 radical (unpaired) electrons. The number of anilines is 1. The zero-order valence-electron chi connectivity index (χ0n) is 15.6. The monoisotopic (exact) mass is 374 g/mol. The van der Waals surface area contributed by atoms with E-state index >= 15 is 0 Å². The highest BCUT2D eigenvalue weighted by molar-refractivity contribution is 5.96. The molecule has 1 aromatic carbocycles. The number of nitrogens with one attached hydrogen (secondary N) is 2. The van der Waals surface area contributed by atoms with Gasteiger partial charge in [0.25, 0.3) is 11.6 Å². The molecular weight excluding hydrogens is 348 g/mol. The van der Waals surface area contributed by atoms with E-state index in [1.165, 1.54) is 6.07 Å². The van der Waals surface area contributed by atoms with Gasteiger partial charge in [0, 0.05) is 43.7 Å². The summed E-state index contributed by atoms with van der Waals surface area (Å²) in [5, 5.41) is 17.1. The summed E-state index contributed by atoms with van der Waals surface area (Å²) in [5.74, 6) is 0.147. The van der Waals surface area contributed by atoms with Gasteiger partial charge in [0.15, 0.2) is 0 Å². The van der Waals surface area contributed by atoms with Crippen LogP contribution in [-0.2, 0) is 4.79 Å². The van der Waals surface area contributed by atoms with Crippen molar-refractivity contribution in [3.8, 4) is 0 Å². The summed E-state index contributed by atoms with van der Waals surface area (Å²) in [4.78, 5) is 37.2. The second-order valence-electron chi connectivity index (χ2n) is 7.50. The smallest absolute Gasteiger partial charge is 0.293 e. The van der Waals surface area contributed by atoms with E-state index in [9.17, 15) is 19.7 Å². The largest absolute Gasteiger partial charge is 0.377 e. The predicted octanol–water partition coefficient (Wildman–Crippen LogP) is 2.55. The maximum absolute atomic E-state index is 12.3. The molecule has 1 heterocycles. The van der Waals surface area contributed by atoms with E-state index in [1.807, 2.05) is 4.90 Å². The van der Waals surface area contributed by atoms with Crippen LogP contribution in [0.1, 0.15) is 49.4 Å². The average molecular weight is 374 g/mol. The van der Waals surface area contributed by atoms with Gasteiger partial charge in [0.1, 0.15) is 5.69 Å². The molecule has 8 heteroatoms. The van der Waals surface area contributed by atoms with Crippen molar-refractivity contribution in [1.29, 1.82) is 0 Å². The first-order valence-electron chi connectivity index (χ1n) is 9.55. The third-order valence-corrected chi connectivity index (χ3v) is 5.03. The molecule has 2 fully saturated rings. The van der Waals surface area contributed by atoms with Crippen molar-refractivity contribution in [2.75, 3.05) is 25.0 Å². The van der Waals surface area contributed by atoms with E-state index in [-0.39, 0.29) is 36.2 Å². The maximum atomic E-state index is 12.3. The minimum Gasteiger partial charge on any atom is -0.377 e. The van der Waals surface area contributed by atoms with Crippen LogP contribution >= 0.6 is 0 Å². The van der Waals surface area contributed by atoms with Gasteiger partial charge in [-0.3, -0.25) is 19.7 Å². The molecule has 1 aliphatic heterocycles. The molecule has 2 N–H and O–H groups in total. The molecule has 146 valence electrons. The number of carbonyl (C=O) groups excluding carboxylic acids is 2. The number of nitro benzene ring substituents is 1. The van der Waals surface area contributed by atoms with Crippen LogP contribution < -0.4 is 10.6 Å². The second-order valence-corrected chi connectivity index (χ2v) is 7.50. The SMILES string of the molecule is CC1CCCN(C(=O)CCNC(=O)c2ccc(NC3CC3)c([N+](=O)[O-])c2)C1. The number of carbonyl (C=O) groups is 2. The Balaban J connectivity index is 1.53. The average Bonchev–Trinajstić information content (AvgIpc) is 3.45. The normalized spacial score (nSPS) is 19.4. The molecule has 0 aromatic heterocycles. The second kappa shape index (κ2) is 8.37. The fourth-order valence-corrected chi connectivity index (χ4v) is 3.35. The van der Waals surface area contributed by atoms with E-state index in [1.54, 1.807) is 12.1 Å². The highest BCUT2D eigenvalue weighted by Gasteiger charge is 2.26. The molecule has 2 amide bonds. The number of amides is 2. The van der Waals surface area contributed by atoms with Crippen LogP contribution in [-0.4, -0.2) is 47.3 Å². The van der Waals surface area contributed by atoms with Crippen LogP contribution in [0.25, 0.3) is 0 Å². The van der Waals surface area contributed by atoms with Crippen LogP contribution in [0.3, 0.4) is 0 Å². The molecule has 1 aromatic rings. The van der Waals surface area contributed by atoms with Gasteiger partial charge in [-0.15, -0.1) is 0 Å². The van der Waals surface area contributed by atoms with Crippen molar-refractivity contribution in [2.45, 2.75) is 45.1 Å². The number of piperidine rings is 1. The fraction of sp³-hybridized carbons (Fsp3) is 0.579. The molecule has 0 bridgehead atoms. The molecular formula is C19H26N4O4. The minimum absolute atomic E-state index is 0.0387. The third kappa shape index (κ3) is 5.18. The molecule has 8 nitrogen and oxygen atoms in total. The van der Waals surface area contributed by atoms with Gasteiger partial charge in [-0.2, -0.15) is 0 Å². The molecule has 1 saturated carbocycles. The fourth-order valence-electron chi connectivity index (χ4n) is 3.35. The molecule has 27 heavy (non-hydrogen) atoms. The number of rotatable bonds is 7. The topological polar surface area (TPSA) is 105 Å². The van der Waals surface area contributed by atoms with Crippen molar-refractivity contribution in [1.82, 2.24) is 10.2 Å². The van der Waals surface area contributed by atoms with Crippen LogP contribution in [0.4, 0.5) is 11.4 Å². The van der Waals surface area contributed by atoms with Gasteiger partial charge >= 0.3 is 0 Å². The number of likely N-dealkylation sites (tertiary alicyclic amines) is 1. The number of nitro groups is 1. The molecule has 0 spiro atoms. The molecule has 3 rings (SSSR count). The van der Waals surface area contributed by atoms with Crippen LogP contribution in [0.5, 0.6) is 0 Å². The molecule has 2 aliphatic rings. The van der Waals surface area contributed by atoms with Gasteiger partial charge in [-0.05, 0) is 43.7 Å². The zero-order chi connectivity index (χ0) is 19.4. The molecule has 1 aliphatic carbocycles. The van der Waals surface area contributed by atoms with E-state index in [2.05, 4.69) is 17.6 Å². The highest BCUT2D eigenvalue weighted by atomic mass is 16.6. The number of benzene rings is 1. The number of nitrogens with zero attached hydrogens (tertiary/aromatic N) is 2. The summed E-state index contributed by atoms with van der Waals surface area (Å²) in [6.45, 7) is 3.90. The standard InChI is InChI=1S/C19H26N4O4/c1-13-3-2-10-22(12-13)18(24)8-9-20-19(25)14-4-7-16(21-15-5-6-15)17(11-14)23(26)27/h4,7,11,13,15,21H,2-3,5-6,8-10,12H2,1H3,(H,20,25). The Morgan fingerprint density at radius 1 is 1.30 bits per heavy atom. The Hall–Kier alpha value is -2.64. The number of hydrogen-bond acceptors (Lipinski definition) is 5. The van der Waals surface area contributed by atoms with E-state index < -0.39 is 10.8 Å². The highest BCUT2D eigenvalue weighted by Crippen LogP contribution is 2.31. The Kier molecular flexibility index (Phi) is 5.93. The van der Waals surface area contributed by atoms with Gasteiger partial charge < -0.3 is 15.5 Å². The minimum atomic E-state index is -0.484. The van der Waals surface area contributed by atoms with Crippen LogP contribution in [0.15, 0.2) is 18.2 Å². The van der Waals surface area contributed by atoms with Crippen molar-refractivity contribution < 1.29 is 14.5 Å². The third-order valence-electron chi connectivity index (χ3n) is 5.03. The summed E-state index contributed by atoms with van der Waals surface area (Å²) in [5.41, 5.74) is 0.559. The summed E-state index contributed by atoms with van der Waals surface area (Å²) < 4.78 is 0. The number of hydrogen-bond donors (Lipinski definition) is 2. The zero-order valence-corrected chi connectivity index (χ0v) is 15.6. The lowest BCUT2D eigenvalue weighted by atomic mass is 10.00. The summed E-state index contributed by atoms with van der Waals surface area (Å²) in [6.07, 6.45) is 4.41. The lowest BCUT2D eigenvalue weighted by molar-refractivity contribution is -0.384. The van der Waals surface area contributed by atoms with E-state index in [4.69, 9.17) is 0 Å². The maximum Gasteiger partial charge on any atom is 0.293 e.